The average Bonchev–Trinajstić information content (AvgIpc) is 2.35. The second-order valence-corrected chi connectivity index (χ2v) is 5.03. The van der Waals surface area contributed by atoms with Crippen molar-refractivity contribution in [3.63, 3.8) is 0 Å². The highest BCUT2D eigenvalue weighted by Gasteiger charge is 2.01. The Hall–Kier alpha value is -1.06. The predicted molar refractivity (Wildman–Crippen MR) is 74.4 cm³/mol. The number of alkyl halides is 1. The van der Waals surface area contributed by atoms with E-state index in [1.165, 1.54) is 12.1 Å². The normalized spacial score (nSPS) is 10.4. The molecule has 94 valence electrons. The minimum absolute atomic E-state index is 0.280. The molecule has 0 heterocycles. The van der Waals surface area contributed by atoms with Crippen LogP contribution >= 0.6 is 27.5 Å². The van der Waals surface area contributed by atoms with Gasteiger partial charge in [-0.15, -0.1) is 11.6 Å². The first kappa shape index (κ1) is 13.4. The van der Waals surface area contributed by atoms with Crippen molar-refractivity contribution in [2.75, 3.05) is 0 Å². The largest absolute Gasteiger partial charge is 0.489 e. The van der Waals surface area contributed by atoms with Crippen LogP contribution in [0.3, 0.4) is 0 Å². The fraction of sp³-hybridized carbons (Fsp3) is 0.143. The quantitative estimate of drug-likeness (QED) is 0.725. The van der Waals surface area contributed by atoms with E-state index < -0.39 is 0 Å². The lowest BCUT2D eigenvalue weighted by molar-refractivity contribution is 0.305. The fourth-order valence-corrected chi connectivity index (χ4v) is 2.26. The highest BCUT2D eigenvalue weighted by atomic mass is 79.9. The Bertz CT molecular complexity index is 525. The standard InChI is InChI=1S/C14H11BrClFO/c15-12-4-11(5-13(17)7-12)9-18-14-3-1-2-10(6-14)8-16/h1-7H,8-9H2. The van der Waals surface area contributed by atoms with Gasteiger partial charge in [0, 0.05) is 10.4 Å². The van der Waals surface area contributed by atoms with Crippen LogP contribution in [0.1, 0.15) is 11.1 Å². The lowest BCUT2D eigenvalue weighted by Crippen LogP contribution is -1.96. The van der Waals surface area contributed by atoms with Crippen LogP contribution in [0.5, 0.6) is 5.75 Å². The molecule has 0 fully saturated rings. The van der Waals surface area contributed by atoms with Crippen molar-refractivity contribution in [3.05, 3.63) is 63.9 Å². The monoisotopic (exact) mass is 328 g/mol. The van der Waals surface area contributed by atoms with Crippen molar-refractivity contribution in [1.29, 1.82) is 0 Å². The summed E-state index contributed by atoms with van der Waals surface area (Å²) in [5.74, 6) is 0.897. The van der Waals surface area contributed by atoms with Crippen LogP contribution in [0.2, 0.25) is 0 Å². The van der Waals surface area contributed by atoms with Gasteiger partial charge in [0.05, 0.1) is 0 Å². The molecule has 0 aliphatic carbocycles. The summed E-state index contributed by atoms with van der Waals surface area (Å²) in [7, 11) is 0. The smallest absolute Gasteiger partial charge is 0.124 e. The van der Waals surface area contributed by atoms with Gasteiger partial charge in [0.1, 0.15) is 18.2 Å². The summed E-state index contributed by atoms with van der Waals surface area (Å²) in [6, 6.07) is 12.2. The molecule has 2 rings (SSSR count). The van der Waals surface area contributed by atoms with Crippen LogP contribution in [-0.2, 0) is 12.5 Å². The summed E-state index contributed by atoms with van der Waals surface area (Å²) in [6.45, 7) is 0.322. The van der Waals surface area contributed by atoms with Crippen molar-refractivity contribution in [1.82, 2.24) is 0 Å². The summed E-state index contributed by atoms with van der Waals surface area (Å²) in [5, 5.41) is 0. The Kier molecular flexibility index (Phi) is 4.61. The van der Waals surface area contributed by atoms with Gasteiger partial charge >= 0.3 is 0 Å². The number of hydrogen-bond acceptors (Lipinski definition) is 1. The maximum atomic E-state index is 13.2. The second kappa shape index (κ2) is 6.21. The van der Waals surface area contributed by atoms with E-state index in [1.54, 1.807) is 0 Å². The summed E-state index contributed by atoms with van der Waals surface area (Å²) >= 11 is 9.00. The Morgan fingerprint density at radius 2 is 1.94 bits per heavy atom. The van der Waals surface area contributed by atoms with Crippen molar-refractivity contribution in [3.8, 4) is 5.75 Å². The number of ether oxygens (including phenoxy) is 1. The molecule has 0 saturated heterocycles. The van der Waals surface area contributed by atoms with Gasteiger partial charge in [-0.2, -0.15) is 0 Å². The zero-order chi connectivity index (χ0) is 13.0. The first-order chi connectivity index (χ1) is 8.67. The topological polar surface area (TPSA) is 9.23 Å². The maximum Gasteiger partial charge on any atom is 0.124 e. The maximum absolute atomic E-state index is 13.2. The Balaban J connectivity index is 2.06. The second-order valence-electron chi connectivity index (χ2n) is 3.85. The van der Waals surface area contributed by atoms with E-state index in [1.807, 2.05) is 30.3 Å². The SMILES string of the molecule is Fc1cc(Br)cc(COc2cccc(CCl)c2)c1. The molecule has 2 aromatic carbocycles. The van der Waals surface area contributed by atoms with Crippen LogP contribution in [-0.4, -0.2) is 0 Å². The molecule has 1 nitrogen and oxygen atoms in total. The molecule has 0 unspecified atom stereocenters. The molecule has 0 bridgehead atoms. The van der Waals surface area contributed by atoms with Crippen LogP contribution in [0, 0.1) is 5.82 Å². The minimum Gasteiger partial charge on any atom is -0.489 e. The third-order valence-corrected chi connectivity index (χ3v) is 3.15. The number of benzene rings is 2. The Morgan fingerprint density at radius 1 is 1.11 bits per heavy atom. The van der Waals surface area contributed by atoms with Crippen LogP contribution < -0.4 is 4.74 Å². The molecule has 0 aliphatic rings. The Morgan fingerprint density at radius 3 is 2.67 bits per heavy atom. The lowest BCUT2D eigenvalue weighted by atomic mass is 10.2. The van der Waals surface area contributed by atoms with E-state index in [0.717, 1.165) is 16.9 Å². The summed E-state index contributed by atoms with van der Waals surface area (Å²) in [6.07, 6.45) is 0. The van der Waals surface area contributed by atoms with Gasteiger partial charge in [0.25, 0.3) is 0 Å². The van der Waals surface area contributed by atoms with Gasteiger partial charge < -0.3 is 4.74 Å². The predicted octanol–water partition coefficient (Wildman–Crippen LogP) is 4.91. The van der Waals surface area contributed by atoms with E-state index in [9.17, 15) is 4.39 Å². The third kappa shape index (κ3) is 3.72. The number of hydrogen-bond donors (Lipinski definition) is 0. The minimum atomic E-state index is -0.280. The van der Waals surface area contributed by atoms with E-state index in [-0.39, 0.29) is 5.82 Å². The van der Waals surface area contributed by atoms with Gasteiger partial charge in [-0.3, -0.25) is 0 Å². The molecule has 0 atom stereocenters. The highest BCUT2D eigenvalue weighted by Crippen LogP contribution is 2.19. The molecule has 0 aromatic heterocycles. The molecule has 0 saturated carbocycles. The van der Waals surface area contributed by atoms with E-state index in [4.69, 9.17) is 16.3 Å². The molecule has 18 heavy (non-hydrogen) atoms. The summed E-state index contributed by atoms with van der Waals surface area (Å²) in [5.41, 5.74) is 1.77. The fourth-order valence-electron chi connectivity index (χ4n) is 1.58. The molecular formula is C14H11BrClFO. The zero-order valence-corrected chi connectivity index (χ0v) is 11.8. The number of halogens is 3. The van der Waals surface area contributed by atoms with Gasteiger partial charge in [-0.1, -0.05) is 28.1 Å². The van der Waals surface area contributed by atoms with E-state index in [0.29, 0.717) is 17.0 Å². The van der Waals surface area contributed by atoms with Crippen LogP contribution in [0.25, 0.3) is 0 Å². The molecule has 0 N–H and O–H groups in total. The Labute approximate surface area is 119 Å². The van der Waals surface area contributed by atoms with Gasteiger partial charge in [-0.05, 0) is 41.5 Å². The van der Waals surface area contributed by atoms with E-state index >= 15 is 0 Å². The summed E-state index contributed by atoms with van der Waals surface area (Å²) in [4.78, 5) is 0. The molecule has 0 aliphatic heterocycles. The van der Waals surface area contributed by atoms with Crippen LogP contribution in [0.4, 0.5) is 4.39 Å². The van der Waals surface area contributed by atoms with Gasteiger partial charge in [-0.25, -0.2) is 4.39 Å². The van der Waals surface area contributed by atoms with Crippen molar-refractivity contribution in [2.24, 2.45) is 0 Å². The lowest BCUT2D eigenvalue weighted by Gasteiger charge is -2.08. The molecular weight excluding hydrogens is 319 g/mol. The van der Waals surface area contributed by atoms with E-state index in [2.05, 4.69) is 15.9 Å². The van der Waals surface area contributed by atoms with Crippen molar-refractivity contribution >= 4 is 27.5 Å². The average molecular weight is 330 g/mol. The molecule has 0 radical (unpaired) electrons. The third-order valence-electron chi connectivity index (χ3n) is 2.38. The van der Waals surface area contributed by atoms with Crippen molar-refractivity contribution < 1.29 is 9.13 Å². The molecule has 0 spiro atoms. The van der Waals surface area contributed by atoms with Crippen molar-refractivity contribution in [2.45, 2.75) is 12.5 Å². The zero-order valence-electron chi connectivity index (χ0n) is 9.50. The highest BCUT2D eigenvalue weighted by molar-refractivity contribution is 9.10. The van der Waals surface area contributed by atoms with Gasteiger partial charge in [0.2, 0.25) is 0 Å². The first-order valence-corrected chi connectivity index (χ1v) is 6.73. The molecule has 4 heteroatoms. The molecule has 0 amide bonds. The molecule has 2 aromatic rings. The van der Waals surface area contributed by atoms with Gasteiger partial charge in [0.15, 0.2) is 0 Å². The number of rotatable bonds is 4. The van der Waals surface area contributed by atoms with Crippen LogP contribution in [0.15, 0.2) is 46.9 Å². The first-order valence-electron chi connectivity index (χ1n) is 5.40. The summed E-state index contributed by atoms with van der Waals surface area (Å²) < 4.78 is 19.5.